The van der Waals surface area contributed by atoms with Crippen LogP contribution in [0.25, 0.3) is 0 Å². The van der Waals surface area contributed by atoms with E-state index in [9.17, 15) is 5.21 Å². The summed E-state index contributed by atoms with van der Waals surface area (Å²) in [5.74, 6) is 2.27. The number of pyridine rings is 1. The van der Waals surface area contributed by atoms with Crippen molar-refractivity contribution in [3.05, 3.63) is 70.9 Å². The number of benzene rings is 1. The highest BCUT2D eigenvalue weighted by atomic mass is 16.5. The molecule has 0 atom stereocenters. The fourth-order valence-electron chi connectivity index (χ4n) is 3.53. The predicted octanol–water partition coefficient (Wildman–Crippen LogP) is 3.86. The highest BCUT2D eigenvalue weighted by molar-refractivity contribution is 6.02. The van der Waals surface area contributed by atoms with Crippen LogP contribution >= 0.6 is 0 Å². The molecule has 1 aliphatic carbocycles. The van der Waals surface area contributed by atoms with Gasteiger partial charge in [-0.3, -0.25) is 4.57 Å². The summed E-state index contributed by atoms with van der Waals surface area (Å²) in [5.41, 5.74) is 4.53. The number of oxime groups is 1. The molecule has 0 amide bonds. The van der Waals surface area contributed by atoms with Gasteiger partial charge in [0.25, 0.3) is 0 Å². The average Bonchev–Trinajstić information content (AvgIpc) is 3.30. The smallest absolute Gasteiger partial charge is 0.230 e. The summed E-state index contributed by atoms with van der Waals surface area (Å²) >= 11 is 0. The third-order valence-corrected chi connectivity index (χ3v) is 4.84. The van der Waals surface area contributed by atoms with Crippen LogP contribution in [0.15, 0.2) is 48.0 Å². The zero-order valence-corrected chi connectivity index (χ0v) is 14.8. The van der Waals surface area contributed by atoms with E-state index in [0.29, 0.717) is 23.1 Å². The van der Waals surface area contributed by atoms with E-state index in [1.165, 1.54) is 16.7 Å². The van der Waals surface area contributed by atoms with Gasteiger partial charge < -0.3 is 9.94 Å². The Bertz CT molecular complexity index is 991. The molecule has 0 spiro atoms. The van der Waals surface area contributed by atoms with Crippen molar-refractivity contribution >= 4 is 5.84 Å². The van der Waals surface area contributed by atoms with E-state index in [1.807, 2.05) is 19.1 Å². The lowest BCUT2D eigenvalue weighted by Gasteiger charge is -2.15. The maximum Gasteiger partial charge on any atom is 0.230 e. The number of rotatable bonds is 3. The number of ether oxygens (including phenoxy) is 1. The molecule has 1 aliphatic rings. The van der Waals surface area contributed by atoms with Gasteiger partial charge in [0.2, 0.25) is 5.88 Å². The van der Waals surface area contributed by atoms with E-state index in [-0.39, 0.29) is 0 Å². The summed E-state index contributed by atoms with van der Waals surface area (Å²) < 4.78 is 7.89. The van der Waals surface area contributed by atoms with E-state index >= 15 is 0 Å². The van der Waals surface area contributed by atoms with Crippen LogP contribution < -0.4 is 4.74 Å². The molecule has 0 saturated carbocycles. The molecular weight excluding hydrogens is 328 g/mol. The van der Waals surface area contributed by atoms with Crippen molar-refractivity contribution in [1.82, 2.24) is 14.5 Å². The first-order valence-corrected chi connectivity index (χ1v) is 8.66. The van der Waals surface area contributed by atoms with Gasteiger partial charge in [0.05, 0.1) is 5.56 Å². The maximum atomic E-state index is 9.61. The minimum Gasteiger partial charge on any atom is -0.438 e. The van der Waals surface area contributed by atoms with Gasteiger partial charge in [0, 0.05) is 18.6 Å². The number of aromatic nitrogens is 3. The third-order valence-electron chi connectivity index (χ3n) is 4.84. The molecule has 2 heterocycles. The minimum absolute atomic E-state index is 0.326. The molecule has 0 radical (unpaired) electrons. The Labute approximate surface area is 151 Å². The first kappa shape index (κ1) is 16.3. The maximum absolute atomic E-state index is 9.61. The van der Waals surface area contributed by atoms with Crippen molar-refractivity contribution in [3.63, 3.8) is 0 Å². The summed E-state index contributed by atoms with van der Waals surface area (Å²) in [4.78, 5) is 8.57. The number of hydrogen-bond donors (Lipinski definition) is 1. The van der Waals surface area contributed by atoms with Gasteiger partial charge in [-0.2, -0.15) is 0 Å². The molecule has 3 aromatic rings. The molecule has 0 saturated heterocycles. The van der Waals surface area contributed by atoms with E-state index in [0.717, 1.165) is 25.0 Å². The summed E-state index contributed by atoms with van der Waals surface area (Å²) in [6, 6.07) is 7.70. The lowest BCUT2D eigenvalue weighted by molar-refractivity contribution is 0.316. The van der Waals surface area contributed by atoms with Gasteiger partial charge in [-0.15, -0.1) is 0 Å². The quantitative estimate of drug-likeness (QED) is 0.338. The van der Waals surface area contributed by atoms with E-state index < -0.39 is 0 Å². The van der Waals surface area contributed by atoms with Crippen LogP contribution in [0.2, 0.25) is 0 Å². The Balaban J connectivity index is 1.76. The number of aryl methyl sites for hydroxylation is 2. The van der Waals surface area contributed by atoms with Gasteiger partial charge in [-0.1, -0.05) is 11.2 Å². The van der Waals surface area contributed by atoms with Crippen molar-refractivity contribution in [1.29, 1.82) is 0 Å². The largest absolute Gasteiger partial charge is 0.438 e. The number of imidazole rings is 1. The monoisotopic (exact) mass is 348 g/mol. The van der Waals surface area contributed by atoms with E-state index in [1.54, 1.807) is 29.2 Å². The fraction of sp³-hybridized carbons (Fsp3) is 0.250. The van der Waals surface area contributed by atoms with Crippen LogP contribution in [-0.4, -0.2) is 25.6 Å². The molecule has 0 unspecified atom stereocenters. The van der Waals surface area contributed by atoms with Gasteiger partial charge in [0.1, 0.15) is 11.6 Å². The lowest BCUT2D eigenvalue weighted by atomic mass is 10.0. The van der Waals surface area contributed by atoms with Crippen molar-refractivity contribution in [3.8, 4) is 11.6 Å². The van der Waals surface area contributed by atoms with Crippen molar-refractivity contribution < 1.29 is 9.94 Å². The number of nitrogens with zero attached hydrogens (tertiary/aromatic N) is 4. The molecule has 6 heteroatoms. The van der Waals surface area contributed by atoms with Crippen LogP contribution in [0.3, 0.4) is 0 Å². The molecule has 1 N–H and O–H groups in total. The zero-order valence-electron chi connectivity index (χ0n) is 14.8. The molecule has 6 nitrogen and oxygen atoms in total. The first-order valence-electron chi connectivity index (χ1n) is 8.66. The Morgan fingerprint density at radius 1 is 1.12 bits per heavy atom. The highest BCUT2D eigenvalue weighted by Gasteiger charge is 2.21. The van der Waals surface area contributed by atoms with Crippen molar-refractivity contribution in [2.45, 2.75) is 33.1 Å². The molecule has 132 valence electrons. The summed E-state index contributed by atoms with van der Waals surface area (Å²) in [7, 11) is 0. The second-order valence-corrected chi connectivity index (χ2v) is 6.42. The molecule has 0 aliphatic heterocycles. The third kappa shape index (κ3) is 2.73. The first-order chi connectivity index (χ1) is 12.7. The van der Waals surface area contributed by atoms with E-state index in [4.69, 9.17) is 4.74 Å². The van der Waals surface area contributed by atoms with Crippen molar-refractivity contribution in [2.24, 2.45) is 5.16 Å². The highest BCUT2D eigenvalue weighted by Crippen LogP contribution is 2.36. The Kier molecular flexibility index (Phi) is 4.16. The SMILES string of the molecule is Cc1ccc(Oc2ncccc2/C(=N/O)n2ccnc2C)c2c1CCC2. The summed E-state index contributed by atoms with van der Waals surface area (Å²) in [6.45, 7) is 3.98. The summed E-state index contributed by atoms with van der Waals surface area (Å²) in [6.07, 6.45) is 8.31. The van der Waals surface area contributed by atoms with Crippen molar-refractivity contribution in [2.75, 3.05) is 0 Å². The molecule has 4 rings (SSSR count). The van der Waals surface area contributed by atoms with Crippen LogP contribution in [0.4, 0.5) is 0 Å². The van der Waals surface area contributed by atoms with Crippen LogP contribution in [0, 0.1) is 13.8 Å². The van der Waals surface area contributed by atoms with E-state index in [2.05, 4.69) is 28.1 Å². The second-order valence-electron chi connectivity index (χ2n) is 6.42. The minimum atomic E-state index is 0.326. The second kappa shape index (κ2) is 6.63. The van der Waals surface area contributed by atoms with Gasteiger partial charge >= 0.3 is 0 Å². The van der Waals surface area contributed by atoms with Gasteiger partial charge in [0.15, 0.2) is 5.84 Å². The standard InChI is InChI=1S/C20H20N4O2/c1-13-8-9-18(16-6-3-5-15(13)16)26-20-17(7-4-10-22-20)19(23-25)24-12-11-21-14(24)2/h4,7-12,25H,3,5-6H2,1-2H3/b23-19-. The number of fused-ring (bicyclic) bond motifs is 1. The topological polar surface area (TPSA) is 72.5 Å². The molecular formula is C20H20N4O2. The predicted molar refractivity (Wildman–Crippen MR) is 98.2 cm³/mol. The molecule has 0 fully saturated rings. The van der Waals surface area contributed by atoms with Crippen LogP contribution in [0.1, 0.15) is 34.5 Å². The van der Waals surface area contributed by atoms with Gasteiger partial charge in [-0.25, -0.2) is 9.97 Å². The zero-order chi connectivity index (χ0) is 18.1. The summed E-state index contributed by atoms with van der Waals surface area (Å²) in [5, 5.41) is 13.1. The van der Waals surface area contributed by atoms with Gasteiger partial charge in [-0.05, 0) is 68.0 Å². The lowest BCUT2D eigenvalue weighted by Crippen LogP contribution is -2.16. The van der Waals surface area contributed by atoms with Crippen LogP contribution in [-0.2, 0) is 12.8 Å². The van der Waals surface area contributed by atoms with Crippen LogP contribution in [0.5, 0.6) is 11.6 Å². The Morgan fingerprint density at radius 2 is 1.96 bits per heavy atom. The number of hydrogen-bond acceptors (Lipinski definition) is 5. The normalized spacial score (nSPS) is 13.7. The molecule has 0 bridgehead atoms. The molecule has 1 aromatic carbocycles. The Morgan fingerprint density at radius 3 is 2.73 bits per heavy atom. The average molecular weight is 348 g/mol. The fourth-order valence-corrected chi connectivity index (χ4v) is 3.53. The molecule has 2 aromatic heterocycles. The molecule has 26 heavy (non-hydrogen) atoms. The Hall–Kier alpha value is -3.15.